The molecule has 9 nitrogen and oxygen atoms in total. The van der Waals surface area contributed by atoms with Crippen molar-refractivity contribution in [3.05, 3.63) is 71.3 Å². The van der Waals surface area contributed by atoms with Gasteiger partial charge in [-0.25, -0.2) is 9.37 Å². The van der Waals surface area contributed by atoms with Crippen LogP contribution in [0.5, 0.6) is 11.5 Å². The van der Waals surface area contributed by atoms with Crippen molar-refractivity contribution in [2.75, 3.05) is 19.0 Å². The van der Waals surface area contributed by atoms with Gasteiger partial charge in [0, 0.05) is 23.5 Å². The molecule has 1 atom stereocenters. The van der Waals surface area contributed by atoms with Gasteiger partial charge in [0.1, 0.15) is 18.2 Å². The SMILES string of the molecule is C#CCOc1cc(C2CC(=O)Nc3c2c(C)nn3-c2nncc(-c3ccc(F)cc3)n2)ccc1OC. The van der Waals surface area contributed by atoms with E-state index >= 15 is 0 Å². The molecule has 5 rings (SSSR count). The van der Waals surface area contributed by atoms with Crippen LogP contribution in [0.3, 0.4) is 0 Å². The Kier molecular flexibility index (Phi) is 6.04. The molecule has 3 heterocycles. The highest BCUT2D eigenvalue weighted by molar-refractivity contribution is 5.95. The minimum Gasteiger partial charge on any atom is -0.493 e. The number of methoxy groups -OCH3 is 1. The zero-order valence-corrected chi connectivity index (χ0v) is 19.5. The quantitative estimate of drug-likeness (QED) is 0.417. The molecule has 180 valence electrons. The Labute approximate surface area is 206 Å². The summed E-state index contributed by atoms with van der Waals surface area (Å²) in [5, 5.41) is 15.7. The van der Waals surface area contributed by atoms with Crippen molar-refractivity contribution in [3.8, 4) is 41.0 Å². The lowest BCUT2D eigenvalue weighted by molar-refractivity contribution is -0.116. The van der Waals surface area contributed by atoms with Crippen LogP contribution < -0.4 is 14.8 Å². The lowest BCUT2D eigenvalue weighted by atomic mass is 9.85. The fourth-order valence-corrected chi connectivity index (χ4v) is 4.26. The zero-order chi connectivity index (χ0) is 25.2. The molecule has 1 aliphatic rings. The molecule has 0 saturated heterocycles. The van der Waals surface area contributed by atoms with Crippen molar-refractivity contribution in [3.63, 3.8) is 0 Å². The van der Waals surface area contributed by atoms with Gasteiger partial charge in [0.05, 0.1) is 24.7 Å². The Bertz CT molecular complexity index is 1490. The number of ether oxygens (including phenoxy) is 2. The third-order valence-electron chi connectivity index (χ3n) is 5.88. The van der Waals surface area contributed by atoms with Crippen LogP contribution in [0.15, 0.2) is 48.7 Å². The fourth-order valence-electron chi connectivity index (χ4n) is 4.26. The first-order chi connectivity index (χ1) is 17.5. The lowest BCUT2D eigenvalue weighted by Gasteiger charge is -2.25. The molecule has 10 heteroatoms. The van der Waals surface area contributed by atoms with E-state index in [2.05, 4.69) is 31.5 Å². The molecule has 0 fully saturated rings. The topological polar surface area (TPSA) is 104 Å². The summed E-state index contributed by atoms with van der Waals surface area (Å²) in [6.07, 6.45) is 7.05. The molecule has 0 bridgehead atoms. The summed E-state index contributed by atoms with van der Waals surface area (Å²) in [4.78, 5) is 17.3. The van der Waals surface area contributed by atoms with E-state index in [1.54, 1.807) is 25.3 Å². The summed E-state index contributed by atoms with van der Waals surface area (Å²) < 4.78 is 25.9. The van der Waals surface area contributed by atoms with Crippen molar-refractivity contribution in [1.29, 1.82) is 0 Å². The molecule has 2 aromatic carbocycles. The second-order valence-corrected chi connectivity index (χ2v) is 8.12. The van der Waals surface area contributed by atoms with E-state index in [4.69, 9.17) is 15.9 Å². The molecule has 1 amide bonds. The van der Waals surface area contributed by atoms with E-state index in [1.807, 2.05) is 19.1 Å². The van der Waals surface area contributed by atoms with Gasteiger partial charge < -0.3 is 14.8 Å². The van der Waals surface area contributed by atoms with Crippen molar-refractivity contribution >= 4 is 11.7 Å². The number of hydrogen-bond donors (Lipinski definition) is 1. The number of amides is 1. The van der Waals surface area contributed by atoms with Crippen molar-refractivity contribution in [2.24, 2.45) is 0 Å². The van der Waals surface area contributed by atoms with Gasteiger partial charge in [-0.15, -0.1) is 11.5 Å². The summed E-state index contributed by atoms with van der Waals surface area (Å²) >= 11 is 0. The van der Waals surface area contributed by atoms with Crippen LogP contribution in [0.25, 0.3) is 17.2 Å². The number of hydrogen-bond acceptors (Lipinski definition) is 7. The molecule has 0 spiro atoms. The molecule has 0 saturated carbocycles. The van der Waals surface area contributed by atoms with E-state index in [0.717, 1.165) is 11.1 Å². The lowest BCUT2D eigenvalue weighted by Crippen LogP contribution is -2.25. The fraction of sp³-hybridized carbons (Fsp3) is 0.192. The first kappa shape index (κ1) is 23.0. The van der Waals surface area contributed by atoms with E-state index in [9.17, 15) is 9.18 Å². The standard InChI is InChI=1S/C26H21FN6O3/c1-4-11-36-22-12-17(7-10-21(22)35-3)19-13-23(34)30-25-24(19)15(2)32-33(25)26-29-20(14-28-31-26)16-5-8-18(27)9-6-16/h1,5-10,12,14,19H,11,13H2,2-3H3,(H,30,34). The van der Waals surface area contributed by atoms with Gasteiger partial charge in [0.2, 0.25) is 5.91 Å². The number of nitrogens with one attached hydrogen (secondary N) is 1. The third-order valence-corrected chi connectivity index (χ3v) is 5.88. The molecular weight excluding hydrogens is 463 g/mol. The first-order valence-corrected chi connectivity index (χ1v) is 11.1. The van der Waals surface area contributed by atoms with Crippen LogP contribution in [0.2, 0.25) is 0 Å². The number of carbonyl (C=O) groups excluding carboxylic acids is 1. The zero-order valence-electron chi connectivity index (χ0n) is 19.5. The summed E-state index contributed by atoms with van der Waals surface area (Å²) in [5.74, 6) is 3.29. The van der Waals surface area contributed by atoms with Crippen LogP contribution in [0.4, 0.5) is 10.2 Å². The highest BCUT2D eigenvalue weighted by Gasteiger charge is 2.34. The van der Waals surface area contributed by atoms with Crippen LogP contribution >= 0.6 is 0 Å². The maximum atomic E-state index is 13.4. The minimum atomic E-state index is -0.349. The Hall–Kier alpha value is -4.78. The largest absolute Gasteiger partial charge is 0.493 e. The average molecular weight is 484 g/mol. The van der Waals surface area contributed by atoms with E-state index in [1.165, 1.54) is 23.0 Å². The van der Waals surface area contributed by atoms with Gasteiger partial charge in [-0.3, -0.25) is 4.79 Å². The molecule has 1 aliphatic heterocycles. The van der Waals surface area contributed by atoms with Crippen LogP contribution in [0.1, 0.15) is 29.2 Å². The van der Waals surface area contributed by atoms with Crippen molar-refractivity contribution < 1.29 is 18.7 Å². The highest BCUT2D eigenvalue weighted by atomic mass is 19.1. The predicted molar refractivity (Wildman–Crippen MR) is 129 cm³/mol. The van der Waals surface area contributed by atoms with Gasteiger partial charge in [-0.05, 0) is 48.9 Å². The average Bonchev–Trinajstić information content (AvgIpc) is 3.23. The summed E-state index contributed by atoms with van der Waals surface area (Å²) in [5.41, 5.74) is 3.54. The maximum absolute atomic E-state index is 13.4. The maximum Gasteiger partial charge on any atom is 0.272 e. The number of terminal acetylenes is 1. The summed E-state index contributed by atoms with van der Waals surface area (Å²) in [7, 11) is 1.55. The monoisotopic (exact) mass is 484 g/mol. The van der Waals surface area contributed by atoms with E-state index in [-0.39, 0.29) is 36.6 Å². The van der Waals surface area contributed by atoms with E-state index < -0.39 is 0 Å². The van der Waals surface area contributed by atoms with Crippen molar-refractivity contribution in [1.82, 2.24) is 25.0 Å². The number of anilines is 1. The first-order valence-electron chi connectivity index (χ1n) is 11.1. The summed E-state index contributed by atoms with van der Waals surface area (Å²) in [6.45, 7) is 1.94. The number of benzene rings is 2. The molecule has 0 aliphatic carbocycles. The molecule has 0 radical (unpaired) electrons. The third kappa shape index (κ3) is 4.22. The van der Waals surface area contributed by atoms with Crippen LogP contribution in [0, 0.1) is 25.1 Å². The summed E-state index contributed by atoms with van der Waals surface area (Å²) in [6, 6.07) is 11.4. The Morgan fingerprint density at radius 1 is 1.22 bits per heavy atom. The number of rotatable bonds is 6. The van der Waals surface area contributed by atoms with Crippen LogP contribution in [-0.4, -0.2) is 44.6 Å². The van der Waals surface area contributed by atoms with Gasteiger partial charge >= 0.3 is 0 Å². The number of halogens is 1. The number of carbonyl (C=O) groups is 1. The number of aromatic nitrogens is 5. The molecule has 2 aromatic heterocycles. The highest BCUT2D eigenvalue weighted by Crippen LogP contribution is 2.42. The Balaban J connectivity index is 1.57. The van der Waals surface area contributed by atoms with E-state index in [0.29, 0.717) is 34.3 Å². The molecule has 4 aromatic rings. The van der Waals surface area contributed by atoms with Gasteiger partial charge in [0.15, 0.2) is 11.5 Å². The van der Waals surface area contributed by atoms with Crippen LogP contribution in [-0.2, 0) is 4.79 Å². The number of aryl methyl sites for hydroxylation is 1. The molecule has 1 unspecified atom stereocenters. The smallest absolute Gasteiger partial charge is 0.272 e. The van der Waals surface area contributed by atoms with Gasteiger partial charge in [-0.1, -0.05) is 12.0 Å². The second kappa shape index (κ2) is 9.46. The molecular formula is C26H21FN6O3. The number of fused-ring (bicyclic) bond motifs is 1. The van der Waals surface area contributed by atoms with Gasteiger partial charge in [0.25, 0.3) is 5.95 Å². The van der Waals surface area contributed by atoms with Gasteiger partial charge in [-0.2, -0.15) is 14.9 Å². The second-order valence-electron chi connectivity index (χ2n) is 8.12. The molecule has 1 N–H and O–H groups in total. The Morgan fingerprint density at radius 2 is 2.03 bits per heavy atom. The minimum absolute atomic E-state index is 0.0852. The number of nitrogens with zero attached hydrogens (tertiary/aromatic N) is 5. The molecule has 36 heavy (non-hydrogen) atoms. The Morgan fingerprint density at radius 3 is 2.78 bits per heavy atom. The van der Waals surface area contributed by atoms with Crippen molar-refractivity contribution in [2.45, 2.75) is 19.3 Å². The predicted octanol–water partition coefficient (Wildman–Crippen LogP) is 3.67. The normalized spacial score (nSPS) is 14.5.